The van der Waals surface area contributed by atoms with Gasteiger partial charge in [0.05, 0.1) is 0 Å². The Labute approximate surface area is 100 Å². The Morgan fingerprint density at radius 1 is 1.24 bits per heavy atom. The summed E-state index contributed by atoms with van der Waals surface area (Å²) in [6, 6.07) is 10.7. The van der Waals surface area contributed by atoms with Crippen LogP contribution in [0.15, 0.2) is 36.4 Å². The third-order valence-corrected chi connectivity index (χ3v) is 2.65. The van der Waals surface area contributed by atoms with Crippen LogP contribution in [-0.4, -0.2) is 11.0 Å². The number of hydrogen-bond acceptors (Lipinski definition) is 2. The van der Waals surface area contributed by atoms with Crippen molar-refractivity contribution in [2.24, 2.45) is 5.92 Å². The molecule has 2 aromatic rings. The van der Waals surface area contributed by atoms with Crippen LogP contribution in [0.25, 0.3) is 10.8 Å². The van der Waals surface area contributed by atoms with Crippen molar-refractivity contribution in [3.05, 3.63) is 36.4 Å². The molecule has 0 radical (unpaired) electrons. The van der Waals surface area contributed by atoms with E-state index in [1.54, 1.807) is 18.2 Å². The highest BCUT2D eigenvalue weighted by molar-refractivity contribution is 6.02. The first-order chi connectivity index (χ1) is 8.08. The van der Waals surface area contributed by atoms with Gasteiger partial charge in [0.15, 0.2) is 0 Å². The molecule has 0 spiro atoms. The number of carbonyl (C=O) groups is 1. The number of phenols is 1. The lowest BCUT2D eigenvalue weighted by molar-refractivity contribution is -0.118. The average Bonchev–Trinajstić information content (AvgIpc) is 2.28. The second-order valence-corrected chi connectivity index (χ2v) is 4.35. The molecule has 3 heteroatoms. The van der Waals surface area contributed by atoms with E-state index in [1.165, 1.54) is 0 Å². The summed E-state index contributed by atoms with van der Waals surface area (Å²) in [5, 5.41) is 14.1. The Bertz CT molecular complexity index is 561. The number of aromatic hydroxyl groups is 1. The number of benzene rings is 2. The Hall–Kier alpha value is -2.03. The van der Waals surface area contributed by atoms with Crippen molar-refractivity contribution in [1.29, 1.82) is 0 Å². The van der Waals surface area contributed by atoms with Gasteiger partial charge in [-0.15, -0.1) is 0 Å². The van der Waals surface area contributed by atoms with Crippen LogP contribution in [0.5, 0.6) is 5.75 Å². The molecule has 1 amide bonds. The summed E-state index contributed by atoms with van der Waals surface area (Å²) in [6.07, 6.45) is 0. The molecule has 88 valence electrons. The summed E-state index contributed by atoms with van der Waals surface area (Å²) in [5.74, 6) is 0.165. The van der Waals surface area contributed by atoms with E-state index < -0.39 is 0 Å². The number of fused-ring (bicyclic) bond motifs is 1. The normalized spacial score (nSPS) is 10.8. The molecule has 0 bridgehead atoms. The summed E-state index contributed by atoms with van der Waals surface area (Å²) in [5.41, 5.74) is 0.779. The molecule has 0 fully saturated rings. The van der Waals surface area contributed by atoms with Gasteiger partial charge in [0.1, 0.15) is 5.75 Å². The van der Waals surface area contributed by atoms with Crippen molar-refractivity contribution in [3.63, 3.8) is 0 Å². The molecule has 0 unspecified atom stereocenters. The van der Waals surface area contributed by atoms with Crippen molar-refractivity contribution in [2.75, 3.05) is 5.32 Å². The number of anilines is 1. The molecule has 0 aliphatic rings. The molecule has 0 aromatic heterocycles. The van der Waals surface area contributed by atoms with Crippen LogP contribution in [-0.2, 0) is 4.79 Å². The molecule has 0 saturated carbocycles. The maximum atomic E-state index is 11.7. The van der Waals surface area contributed by atoms with E-state index in [0.717, 1.165) is 16.5 Å². The monoisotopic (exact) mass is 229 g/mol. The molecule has 2 rings (SSSR count). The third kappa shape index (κ3) is 2.38. The second kappa shape index (κ2) is 4.45. The highest BCUT2D eigenvalue weighted by Gasteiger charge is 2.09. The standard InChI is InChI=1S/C14H15NO2/c1-9(2)14(17)15-13-5-3-4-10-8-11(16)6-7-12(10)13/h3-9,16H,1-2H3,(H,15,17). The summed E-state index contributed by atoms with van der Waals surface area (Å²) < 4.78 is 0. The molecule has 0 heterocycles. The van der Waals surface area contributed by atoms with E-state index in [-0.39, 0.29) is 17.6 Å². The van der Waals surface area contributed by atoms with E-state index in [4.69, 9.17) is 0 Å². The van der Waals surface area contributed by atoms with Crippen molar-refractivity contribution >= 4 is 22.4 Å². The van der Waals surface area contributed by atoms with Gasteiger partial charge in [0.2, 0.25) is 5.91 Å². The smallest absolute Gasteiger partial charge is 0.226 e. The number of carbonyl (C=O) groups excluding carboxylic acids is 1. The van der Waals surface area contributed by atoms with E-state index in [2.05, 4.69) is 5.32 Å². The molecular weight excluding hydrogens is 214 g/mol. The summed E-state index contributed by atoms with van der Waals surface area (Å²) in [7, 11) is 0. The highest BCUT2D eigenvalue weighted by atomic mass is 16.3. The third-order valence-electron chi connectivity index (χ3n) is 2.65. The molecule has 2 aromatic carbocycles. The van der Waals surface area contributed by atoms with Crippen LogP contribution < -0.4 is 5.32 Å². The first-order valence-electron chi connectivity index (χ1n) is 5.60. The van der Waals surface area contributed by atoms with Gasteiger partial charge in [-0.1, -0.05) is 26.0 Å². The fourth-order valence-corrected chi connectivity index (χ4v) is 1.66. The molecule has 2 N–H and O–H groups in total. The first kappa shape index (κ1) is 11.5. The summed E-state index contributed by atoms with van der Waals surface area (Å²) in [4.78, 5) is 11.7. The van der Waals surface area contributed by atoms with Crippen molar-refractivity contribution in [1.82, 2.24) is 0 Å². The van der Waals surface area contributed by atoms with Gasteiger partial charge in [-0.25, -0.2) is 0 Å². The van der Waals surface area contributed by atoms with E-state index >= 15 is 0 Å². The van der Waals surface area contributed by atoms with Crippen molar-refractivity contribution < 1.29 is 9.90 Å². The van der Waals surface area contributed by atoms with E-state index in [1.807, 2.05) is 32.0 Å². The Morgan fingerprint density at radius 2 is 2.00 bits per heavy atom. The van der Waals surface area contributed by atoms with Gasteiger partial charge in [0.25, 0.3) is 0 Å². The average molecular weight is 229 g/mol. The van der Waals surface area contributed by atoms with Crippen LogP contribution in [0.3, 0.4) is 0 Å². The SMILES string of the molecule is CC(C)C(=O)Nc1cccc2cc(O)ccc12. The predicted octanol–water partition coefficient (Wildman–Crippen LogP) is 3.14. The van der Waals surface area contributed by atoms with Gasteiger partial charge in [0, 0.05) is 17.0 Å². The van der Waals surface area contributed by atoms with Gasteiger partial charge >= 0.3 is 0 Å². The molecule has 3 nitrogen and oxygen atoms in total. The molecule has 0 saturated heterocycles. The molecule has 17 heavy (non-hydrogen) atoms. The van der Waals surface area contributed by atoms with Crippen molar-refractivity contribution in [3.8, 4) is 5.75 Å². The fourth-order valence-electron chi connectivity index (χ4n) is 1.66. The van der Waals surface area contributed by atoms with Gasteiger partial charge in [-0.05, 0) is 29.7 Å². The zero-order chi connectivity index (χ0) is 12.4. The Balaban J connectivity index is 2.44. The van der Waals surface area contributed by atoms with Gasteiger partial charge in [-0.3, -0.25) is 4.79 Å². The summed E-state index contributed by atoms with van der Waals surface area (Å²) >= 11 is 0. The molecule has 0 aliphatic carbocycles. The van der Waals surface area contributed by atoms with Gasteiger partial charge < -0.3 is 10.4 Å². The predicted molar refractivity (Wildman–Crippen MR) is 69.1 cm³/mol. The largest absolute Gasteiger partial charge is 0.508 e. The van der Waals surface area contributed by atoms with E-state index in [0.29, 0.717) is 0 Å². The number of rotatable bonds is 2. The Morgan fingerprint density at radius 3 is 2.71 bits per heavy atom. The van der Waals surface area contributed by atoms with Crippen LogP contribution in [0, 0.1) is 5.92 Å². The number of amides is 1. The topological polar surface area (TPSA) is 49.3 Å². The Kier molecular flexibility index (Phi) is 3.00. The lowest BCUT2D eigenvalue weighted by Gasteiger charge is -2.10. The zero-order valence-electron chi connectivity index (χ0n) is 9.90. The quantitative estimate of drug-likeness (QED) is 0.831. The number of phenolic OH excluding ortho intramolecular Hbond substituents is 1. The molecule has 0 aliphatic heterocycles. The maximum absolute atomic E-state index is 11.7. The molecular formula is C14H15NO2. The van der Waals surface area contributed by atoms with Crippen LogP contribution in [0.4, 0.5) is 5.69 Å². The lowest BCUT2D eigenvalue weighted by atomic mass is 10.1. The lowest BCUT2D eigenvalue weighted by Crippen LogP contribution is -2.17. The minimum atomic E-state index is -0.0534. The first-order valence-corrected chi connectivity index (χ1v) is 5.60. The van der Waals surface area contributed by atoms with Gasteiger partial charge in [-0.2, -0.15) is 0 Å². The minimum Gasteiger partial charge on any atom is -0.508 e. The number of hydrogen-bond donors (Lipinski definition) is 2. The number of nitrogens with one attached hydrogen (secondary N) is 1. The summed E-state index contributed by atoms with van der Waals surface area (Å²) in [6.45, 7) is 3.71. The van der Waals surface area contributed by atoms with Crippen LogP contribution >= 0.6 is 0 Å². The highest BCUT2D eigenvalue weighted by Crippen LogP contribution is 2.26. The van der Waals surface area contributed by atoms with E-state index in [9.17, 15) is 9.90 Å². The fraction of sp³-hybridized carbons (Fsp3) is 0.214. The van der Waals surface area contributed by atoms with Crippen LogP contribution in [0.1, 0.15) is 13.8 Å². The zero-order valence-corrected chi connectivity index (χ0v) is 9.90. The van der Waals surface area contributed by atoms with Crippen LogP contribution in [0.2, 0.25) is 0 Å². The van der Waals surface area contributed by atoms with Crippen molar-refractivity contribution in [2.45, 2.75) is 13.8 Å². The maximum Gasteiger partial charge on any atom is 0.226 e. The minimum absolute atomic E-state index is 0.00873. The molecule has 0 atom stereocenters. The second-order valence-electron chi connectivity index (χ2n) is 4.35.